The summed E-state index contributed by atoms with van der Waals surface area (Å²) in [5, 5.41) is 0. The highest BCUT2D eigenvalue weighted by Crippen LogP contribution is 2.19. The normalized spacial score (nSPS) is 11.5. The summed E-state index contributed by atoms with van der Waals surface area (Å²) in [4.78, 5) is 11.6. The number of carbonyl (C=O) groups is 1. The third-order valence-corrected chi connectivity index (χ3v) is 2.07. The fourth-order valence-electron chi connectivity index (χ4n) is 1.20. The van der Waals surface area contributed by atoms with E-state index in [1.807, 2.05) is 45.0 Å². The van der Waals surface area contributed by atoms with Gasteiger partial charge >= 0.3 is 5.97 Å². The molecule has 1 rings (SSSR count). The van der Waals surface area contributed by atoms with Gasteiger partial charge in [0.25, 0.3) is 0 Å². The van der Waals surface area contributed by atoms with Crippen molar-refractivity contribution in [1.82, 2.24) is 0 Å². The van der Waals surface area contributed by atoms with Crippen molar-refractivity contribution in [2.75, 3.05) is 0 Å². The van der Waals surface area contributed by atoms with Crippen molar-refractivity contribution in [1.29, 1.82) is 0 Å². The lowest BCUT2D eigenvalue weighted by molar-refractivity contribution is -0.129. The number of benzene rings is 1. The molecule has 0 N–H and O–H groups in total. The summed E-state index contributed by atoms with van der Waals surface area (Å²) in [6, 6.07) is 7.30. The minimum atomic E-state index is -0.366. The van der Waals surface area contributed by atoms with E-state index in [9.17, 15) is 4.79 Å². The summed E-state index contributed by atoms with van der Waals surface area (Å²) in [7, 11) is 0. The Bertz CT molecular complexity index is 436. The maximum atomic E-state index is 11.6. The molecule has 0 bridgehead atoms. The number of esters is 1. The Balaban J connectivity index is 2.75. The van der Waals surface area contributed by atoms with Crippen LogP contribution in [-0.2, 0) is 4.79 Å². The minimum absolute atomic E-state index is 0.0308. The number of carbonyl (C=O) groups excluding carboxylic acids is 1. The predicted molar refractivity (Wildman–Crippen MR) is 70.8 cm³/mol. The lowest BCUT2D eigenvalue weighted by Crippen LogP contribution is -2.07. The van der Waals surface area contributed by atoms with Gasteiger partial charge in [-0.1, -0.05) is 57.7 Å². The number of ether oxygens (including phenoxy) is 1. The Kier molecular flexibility index (Phi) is 4.27. The minimum Gasteiger partial charge on any atom is -0.423 e. The van der Waals surface area contributed by atoms with Crippen LogP contribution in [0, 0.1) is 5.41 Å². The van der Waals surface area contributed by atoms with Crippen molar-refractivity contribution in [3.05, 3.63) is 48.6 Å². The van der Waals surface area contributed by atoms with Gasteiger partial charge in [-0.25, -0.2) is 4.79 Å². The Morgan fingerprint density at radius 2 is 1.94 bits per heavy atom. The predicted octanol–water partition coefficient (Wildman–Crippen LogP) is 3.84. The van der Waals surface area contributed by atoms with E-state index in [1.165, 1.54) is 6.08 Å². The molecule has 0 spiro atoms. The topological polar surface area (TPSA) is 26.3 Å². The van der Waals surface area contributed by atoms with Crippen LogP contribution < -0.4 is 4.74 Å². The number of rotatable bonds is 3. The molecule has 90 valence electrons. The van der Waals surface area contributed by atoms with E-state index >= 15 is 0 Å². The van der Waals surface area contributed by atoms with Crippen LogP contribution in [-0.4, -0.2) is 5.97 Å². The monoisotopic (exact) mass is 230 g/mol. The summed E-state index contributed by atoms with van der Waals surface area (Å²) in [6.45, 7) is 9.74. The zero-order valence-electron chi connectivity index (χ0n) is 10.6. The summed E-state index contributed by atoms with van der Waals surface area (Å²) in [6.07, 6.45) is 4.95. The Labute approximate surface area is 103 Å². The van der Waals surface area contributed by atoms with Crippen LogP contribution >= 0.6 is 0 Å². The highest BCUT2D eigenvalue weighted by atomic mass is 16.5. The molecule has 1 aromatic carbocycles. The first-order valence-electron chi connectivity index (χ1n) is 5.55. The molecule has 0 aromatic heterocycles. The van der Waals surface area contributed by atoms with E-state index in [2.05, 4.69) is 6.58 Å². The van der Waals surface area contributed by atoms with Crippen LogP contribution in [0.3, 0.4) is 0 Å². The zero-order valence-corrected chi connectivity index (χ0v) is 10.6. The lowest BCUT2D eigenvalue weighted by atomic mass is 9.96. The van der Waals surface area contributed by atoms with Crippen molar-refractivity contribution in [3.8, 4) is 5.75 Å². The van der Waals surface area contributed by atoms with Gasteiger partial charge in [-0.15, -0.1) is 0 Å². The second-order valence-electron chi connectivity index (χ2n) is 4.86. The number of hydrogen-bond donors (Lipinski definition) is 0. The molecule has 0 fully saturated rings. The van der Waals surface area contributed by atoms with Gasteiger partial charge in [0.05, 0.1) is 0 Å². The molecular weight excluding hydrogens is 212 g/mol. The van der Waals surface area contributed by atoms with Crippen LogP contribution in [0.15, 0.2) is 43.0 Å². The molecule has 0 amide bonds. The first-order valence-corrected chi connectivity index (χ1v) is 5.55. The van der Waals surface area contributed by atoms with Crippen LogP contribution in [0.1, 0.15) is 26.3 Å². The van der Waals surface area contributed by atoms with Gasteiger partial charge in [-0.05, 0) is 11.5 Å². The van der Waals surface area contributed by atoms with E-state index in [0.717, 1.165) is 5.56 Å². The van der Waals surface area contributed by atoms with Gasteiger partial charge in [-0.3, -0.25) is 0 Å². The zero-order chi connectivity index (χ0) is 12.9. The van der Waals surface area contributed by atoms with Crippen LogP contribution in [0.25, 0.3) is 6.08 Å². The van der Waals surface area contributed by atoms with Gasteiger partial charge in [0.1, 0.15) is 5.75 Å². The molecular formula is C15H18O2. The quantitative estimate of drug-likeness (QED) is 0.448. The first-order chi connectivity index (χ1) is 7.92. The Hall–Kier alpha value is -1.83. The summed E-state index contributed by atoms with van der Waals surface area (Å²) in [5.41, 5.74) is 0.779. The molecule has 0 aliphatic rings. The summed E-state index contributed by atoms with van der Waals surface area (Å²) >= 11 is 0. The maximum Gasteiger partial charge on any atom is 0.335 e. The largest absolute Gasteiger partial charge is 0.423 e. The molecule has 2 heteroatoms. The molecule has 0 heterocycles. The molecule has 2 nitrogen and oxygen atoms in total. The molecule has 0 aliphatic carbocycles. The standard InChI is InChI=1S/C15H18O2/c1-5-12-8-6-7-9-13(12)17-14(16)10-11-15(2,3)4/h5-11H,1H2,2-4H3/b11-10+. The average molecular weight is 230 g/mol. The maximum absolute atomic E-state index is 11.6. The number of hydrogen-bond acceptors (Lipinski definition) is 2. The van der Waals surface area contributed by atoms with E-state index in [1.54, 1.807) is 12.1 Å². The molecule has 0 atom stereocenters. The second-order valence-corrected chi connectivity index (χ2v) is 4.86. The Morgan fingerprint density at radius 1 is 1.29 bits per heavy atom. The van der Waals surface area contributed by atoms with Crippen molar-refractivity contribution in [3.63, 3.8) is 0 Å². The van der Waals surface area contributed by atoms with Gasteiger partial charge < -0.3 is 4.74 Å². The highest BCUT2D eigenvalue weighted by Gasteiger charge is 2.07. The van der Waals surface area contributed by atoms with Crippen molar-refractivity contribution < 1.29 is 9.53 Å². The van der Waals surface area contributed by atoms with Gasteiger partial charge in [-0.2, -0.15) is 0 Å². The molecule has 1 aromatic rings. The lowest BCUT2D eigenvalue weighted by Gasteiger charge is -2.11. The Morgan fingerprint density at radius 3 is 2.53 bits per heavy atom. The second kappa shape index (κ2) is 5.48. The van der Waals surface area contributed by atoms with E-state index in [4.69, 9.17) is 4.74 Å². The number of allylic oxidation sites excluding steroid dienone is 1. The van der Waals surface area contributed by atoms with Crippen LogP contribution in [0.5, 0.6) is 5.75 Å². The molecule has 17 heavy (non-hydrogen) atoms. The third-order valence-electron chi connectivity index (χ3n) is 2.07. The molecule has 0 radical (unpaired) electrons. The fourth-order valence-corrected chi connectivity index (χ4v) is 1.20. The van der Waals surface area contributed by atoms with E-state index in [-0.39, 0.29) is 11.4 Å². The SMILES string of the molecule is C=Cc1ccccc1OC(=O)/C=C/C(C)(C)C. The van der Waals surface area contributed by atoms with E-state index in [0.29, 0.717) is 5.75 Å². The van der Waals surface area contributed by atoms with Gasteiger partial charge in [0.15, 0.2) is 0 Å². The van der Waals surface area contributed by atoms with Gasteiger partial charge in [0.2, 0.25) is 0 Å². The number of para-hydroxylation sites is 1. The van der Waals surface area contributed by atoms with Crippen molar-refractivity contribution in [2.45, 2.75) is 20.8 Å². The molecule has 0 saturated heterocycles. The van der Waals surface area contributed by atoms with Crippen LogP contribution in [0.2, 0.25) is 0 Å². The van der Waals surface area contributed by atoms with E-state index < -0.39 is 0 Å². The van der Waals surface area contributed by atoms with Crippen molar-refractivity contribution in [2.24, 2.45) is 5.41 Å². The fraction of sp³-hybridized carbons (Fsp3) is 0.267. The smallest absolute Gasteiger partial charge is 0.335 e. The molecule has 0 unspecified atom stereocenters. The first kappa shape index (κ1) is 13.2. The van der Waals surface area contributed by atoms with Crippen LogP contribution in [0.4, 0.5) is 0 Å². The summed E-state index contributed by atoms with van der Waals surface area (Å²) in [5.74, 6) is 0.167. The highest BCUT2D eigenvalue weighted by molar-refractivity contribution is 5.84. The summed E-state index contributed by atoms with van der Waals surface area (Å²) < 4.78 is 5.23. The molecule has 0 aliphatic heterocycles. The molecule has 0 saturated carbocycles. The third kappa shape index (κ3) is 4.68. The van der Waals surface area contributed by atoms with Crippen molar-refractivity contribution >= 4 is 12.0 Å². The average Bonchev–Trinajstić information content (AvgIpc) is 2.26. The van der Waals surface area contributed by atoms with Gasteiger partial charge in [0, 0.05) is 11.6 Å².